The monoisotopic (exact) mass is 230 g/mol. The molecule has 0 radical (unpaired) electrons. The molecule has 90 valence electrons. The van der Waals surface area contributed by atoms with Gasteiger partial charge in [-0.3, -0.25) is 4.68 Å². The Morgan fingerprint density at radius 1 is 1.29 bits per heavy atom. The molecule has 0 aliphatic carbocycles. The normalized spacial score (nSPS) is 10.4. The summed E-state index contributed by atoms with van der Waals surface area (Å²) in [5, 5.41) is 7.54. The average molecular weight is 230 g/mol. The Morgan fingerprint density at radius 2 is 2.12 bits per heavy atom. The van der Waals surface area contributed by atoms with Crippen molar-refractivity contribution in [3.8, 4) is 0 Å². The van der Waals surface area contributed by atoms with Crippen molar-refractivity contribution in [3.05, 3.63) is 42.1 Å². The van der Waals surface area contributed by atoms with Crippen LogP contribution in [0.15, 0.2) is 36.5 Å². The highest BCUT2D eigenvalue weighted by atomic mass is 15.3. The lowest BCUT2D eigenvalue weighted by molar-refractivity contribution is 0.765. The highest BCUT2D eigenvalue weighted by molar-refractivity contribution is 5.46. The number of aromatic nitrogens is 2. The number of anilines is 2. The fourth-order valence-corrected chi connectivity index (χ4v) is 1.77. The minimum absolute atomic E-state index is 0.880. The summed E-state index contributed by atoms with van der Waals surface area (Å²) in [6, 6.07) is 9.98. The van der Waals surface area contributed by atoms with Crippen LogP contribution in [0.1, 0.15) is 12.0 Å². The molecule has 0 aliphatic heterocycles. The molecular weight excluding hydrogens is 212 g/mol. The number of aryl methyl sites for hydroxylation is 2. The molecular formula is C13H18N4. The molecule has 0 spiro atoms. The molecule has 1 heterocycles. The zero-order valence-electron chi connectivity index (χ0n) is 10.1. The molecule has 0 aliphatic rings. The molecule has 0 saturated carbocycles. The van der Waals surface area contributed by atoms with Crippen molar-refractivity contribution >= 4 is 11.5 Å². The number of hydrogen-bond acceptors (Lipinski definition) is 3. The molecule has 0 atom stereocenters. The van der Waals surface area contributed by atoms with Crippen molar-refractivity contribution in [1.29, 1.82) is 0 Å². The van der Waals surface area contributed by atoms with Gasteiger partial charge < -0.3 is 11.1 Å². The van der Waals surface area contributed by atoms with Crippen LogP contribution in [0.2, 0.25) is 0 Å². The quantitative estimate of drug-likeness (QED) is 0.610. The van der Waals surface area contributed by atoms with E-state index in [4.69, 9.17) is 5.73 Å². The van der Waals surface area contributed by atoms with Gasteiger partial charge in [-0.2, -0.15) is 5.10 Å². The van der Waals surface area contributed by atoms with Gasteiger partial charge >= 0.3 is 0 Å². The summed E-state index contributed by atoms with van der Waals surface area (Å²) in [6.07, 6.45) is 3.97. The van der Waals surface area contributed by atoms with E-state index in [9.17, 15) is 0 Å². The molecule has 0 saturated heterocycles. The van der Waals surface area contributed by atoms with Crippen LogP contribution in [-0.4, -0.2) is 16.3 Å². The first-order valence-corrected chi connectivity index (χ1v) is 5.82. The van der Waals surface area contributed by atoms with Crippen LogP contribution in [0.5, 0.6) is 0 Å². The average Bonchev–Trinajstić information content (AvgIpc) is 2.73. The van der Waals surface area contributed by atoms with E-state index in [1.807, 2.05) is 37.5 Å². The van der Waals surface area contributed by atoms with E-state index in [1.54, 1.807) is 4.68 Å². The van der Waals surface area contributed by atoms with Crippen molar-refractivity contribution in [2.24, 2.45) is 7.05 Å². The van der Waals surface area contributed by atoms with Crippen LogP contribution >= 0.6 is 0 Å². The topological polar surface area (TPSA) is 55.9 Å². The van der Waals surface area contributed by atoms with Crippen molar-refractivity contribution in [1.82, 2.24) is 9.78 Å². The second-order valence-corrected chi connectivity index (χ2v) is 4.10. The van der Waals surface area contributed by atoms with Gasteiger partial charge in [0.05, 0.1) is 0 Å². The summed E-state index contributed by atoms with van der Waals surface area (Å²) in [4.78, 5) is 0. The van der Waals surface area contributed by atoms with Crippen LogP contribution in [0.25, 0.3) is 0 Å². The Balaban J connectivity index is 1.75. The fourth-order valence-electron chi connectivity index (χ4n) is 1.77. The molecule has 0 fully saturated rings. The zero-order chi connectivity index (χ0) is 12.1. The lowest BCUT2D eigenvalue weighted by Gasteiger charge is -2.05. The molecule has 0 unspecified atom stereocenters. The smallest absolute Gasteiger partial charge is 0.147 e. The first-order valence-electron chi connectivity index (χ1n) is 5.82. The van der Waals surface area contributed by atoms with Gasteiger partial charge in [0.1, 0.15) is 5.82 Å². The minimum Gasteiger partial charge on any atom is -0.399 e. The van der Waals surface area contributed by atoms with E-state index in [0.717, 1.165) is 30.9 Å². The molecule has 3 N–H and O–H groups in total. The molecule has 0 amide bonds. The Kier molecular flexibility index (Phi) is 3.65. The van der Waals surface area contributed by atoms with E-state index in [2.05, 4.69) is 16.5 Å². The van der Waals surface area contributed by atoms with Gasteiger partial charge in [-0.15, -0.1) is 0 Å². The van der Waals surface area contributed by atoms with E-state index in [0.29, 0.717) is 0 Å². The summed E-state index contributed by atoms with van der Waals surface area (Å²) in [6.45, 7) is 0.908. The Bertz CT molecular complexity index is 476. The fraction of sp³-hybridized carbons (Fsp3) is 0.308. The van der Waals surface area contributed by atoms with Gasteiger partial charge in [0.25, 0.3) is 0 Å². The third-order valence-corrected chi connectivity index (χ3v) is 2.70. The molecule has 2 rings (SSSR count). The first-order chi connectivity index (χ1) is 8.25. The van der Waals surface area contributed by atoms with E-state index < -0.39 is 0 Å². The van der Waals surface area contributed by atoms with Crippen molar-refractivity contribution in [3.63, 3.8) is 0 Å². The predicted octanol–water partition coefficient (Wildman–Crippen LogP) is 2.05. The van der Waals surface area contributed by atoms with Gasteiger partial charge in [-0.25, -0.2) is 0 Å². The third kappa shape index (κ3) is 3.24. The van der Waals surface area contributed by atoms with Gasteiger partial charge in [0.2, 0.25) is 0 Å². The van der Waals surface area contributed by atoms with Gasteiger partial charge in [0.15, 0.2) is 0 Å². The highest BCUT2D eigenvalue weighted by Crippen LogP contribution is 2.12. The maximum atomic E-state index is 5.88. The number of hydrogen-bond donors (Lipinski definition) is 2. The largest absolute Gasteiger partial charge is 0.399 e. The molecule has 1 aromatic carbocycles. The molecule has 4 nitrogen and oxygen atoms in total. The van der Waals surface area contributed by atoms with Crippen LogP contribution < -0.4 is 11.1 Å². The van der Waals surface area contributed by atoms with Gasteiger partial charge in [-0.1, -0.05) is 18.2 Å². The van der Waals surface area contributed by atoms with Crippen LogP contribution in [0.3, 0.4) is 0 Å². The van der Waals surface area contributed by atoms with Crippen LogP contribution in [-0.2, 0) is 13.5 Å². The molecule has 1 aromatic heterocycles. The number of rotatable bonds is 5. The molecule has 17 heavy (non-hydrogen) atoms. The van der Waals surface area contributed by atoms with E-state index in [1.165, 1.54) is 5.56 Å². The van der Waals surface area contributed by atoms with E-state index >= 15 is 0 Å². The highest BCUT2D eigenvalue weighted by Gasteiger charge is 1.98. The lowest BCUT2D eigenvalue weighted by Crippen LogP contribution is -2.05. The second kappa shape index (κ2) is 5.39. The summed E-state index contributed by atoms with van der Waals surface area (Å²) in [5.74, 6) is 0.925. The first kappa shape index (κ1) is 11.5. The third-order valence-electron chi connectivity index (χ3n) is 2.70. The minimum atomic E-state index is 0.880. The molecule has 0 bridgehead atoms. The number of nitrogen functional groups attached to an aromatic ring is 1. The standard InChI is InChI=1S/C13H18N4/c1-17-10-8-13(16-17)15-9-4-6-11-5-2-3-7-12(11)14/h2-3,5,7-8,10H,4,6,9,14H2,1H3,(H,15,16). The Hall–Kier alpha value is -1.97. The van der Waals surface area contributed by atoms with Gasteiger partial charge in [-0.05, 0) is 24.5 Å². The summed E-state index contributed by atoms with van der Waals surface area (Å²) < 4.78 is 1.79. The second-order valence-electron chi connectivity index (χ2n) is 4.10. The summed E-state index contributed by atoms with van der Waals surface area (Å²) in [5.41, 5.74) is 7.98. The van der Waals surface area contributed by atoms with Crippen molar-refractivity contribution < 1.29 is 0 Å². The van der Waals surface area contributed by atoms with E-state index in [-0.39, 0.29) is 0 Å². The number of nitrogens with one attached hydrogen (secondary N) is 1. The lowest BCUT2D eigenvalue weighted by atomic mass is 10.1. The van der Waals surface area contributed by atoms with Gasteiger partial charge in [0, 0.05) is 31.5 Å². The number of benzene rings is 1. The summed E-state index contributed by atoms with van der Waals surface area (Å²) in [7, 11) is 1.91. The Labute approximate surface area is 101 Å². The maximum Gasteiger partial charge on any atom is 0.147 e. The number of nitrogens with zero attached hydrogens (tertiary/aromatic N) is 2. The van der Waals surface area contributed by atoms with Crippen LogP contribution in [0.4, 0.5) is 11.5 Å². The summed E-state index contributed by atoms with van der Waals surface area (Å²) >= 11 is 0. The molecule has 2 aromatic rings. The van der Waals surface area contributed by atoms with Crippen molar-refractivity contribution in [2.45, 2.75) is 12.8 Å². The Morgan fingerprint density at radius 3 is 2.82 bits per heavy atom. The molecule has 4 heteroatoms. The van der Waals surface area contributed by atoms with Crippen molar-refractivity contribution in [2.75, 3.05) is 17.6 Å². The predicted molar refractivity (Wildman–Crippen MR) is 70.9 cm³/mol. The SMILES string of the molecule is Cn1ccc(NCCCc2ccccc2N)n1. The maximum absolute atomic E-state index is 5.88. The number of para-hydroxylation sites is 1. The zero-order valence-corrected chi connectivity index (χ0v) is 10.1. The number of nitrogens with two attached hydrogens (primary N) is 1. The van der Waals surface area contributed by atoms with Crippen LogP contribution in [0, 0.1) is 0 Å².